The first-order chi connectivity index (χ1) is 13.3. The lowest BCUT2D eigenvalue weighted by Crippen LogP contribution is -2.28. The molecule has 0 aliphatic heterocycles. The van der Waals surface area contributed by atoms with Crippen molar-refractivity contribution in [3.05, 3.63) is 50.9 Å². The second kappa shape index (κ2) is 8.53. The zero-order valence-corrected chi connectivity index (χ0v) is 18.7. The number of anilines is 1. The summed E-state index contributed by atoms with van der Waals surface area (Å²) in [6.07, 6.45) is 1.92. The van der Waals surface area contributed by atoms with Crippen LogP contribution in [0, 0.1) is 12.8 Å². The second-order valence-electron chi connectivity index (χ2n) is 7.07. The molecule has 1 amide bonds. The van der Waals surface area contributed by atoms with Gasteiger partial charge in [0.2, 0.25) is 5.91 Å². The number of aromatic nitrogens is 3. The highest BCUT2D eigenvalue weighted by atomic mass is 79.9. The van der Waals surface area contributed by atoms with E-state index in [0.29, 0.717) is 34.3 Å². The molecule has 0 atom stereocenters. The zero-order valence-electron chi connectivity index (χ0n) is 16.3. The molecule has 0 saturated heterocycles. The Hall–Kier alpha value is -2.06. The fourth-order valence-electron chi connectivity index (χ4n) is 3.11. The van der Waals surface area contributed by atoms with E-state index in [4.69, 9.17) is 0 Å². The summed E-state index contributed by atoms with van der Waals surface area (Å²) < 4.78 is 4.40. The molecule has 2 aromatic heterocycles. The highest BCUT2D eigenvalue weighted by molar-refractivity contribution is 9.10. The third-order valence-corrected chi connectivity index (χ3v) is 5.54. The van der Waals surface area contributed by atoms with Crippen LogP contribution in [0.2, 0.25) is 0 Å². The lowest BCUT2D eigenvalue weighted by Gasteiger charge is -2.14. The number of carbonyl (C=O) groups excluding carboxylic acids is 1. The summed E-state index contributed by atoms with van der Waals surface area (Å²) >= 11 is 4.84. The summed E-state index contributed by atoms with van der Waals surface area (Å²) in [6, 6.07) is 9.24. The van der Waals surface area contributed by atoms with Crippen LogP contribution >= 0.6 is 27.7 Å². The molecule has 8 heteroatoms. The number of hydrogen-bond donors (Lipinski definition) is 1. The largest absolute Gasteiger partial charge is 0.330 e. The van der Waals surface area contributed by atoms with E-state index < -0.39 is 0 Å². The van der Waals surface area contributed by atoms with Gasteiger partial charge in [0.15, 0.2) is 5.16 Å². The number of amides is 1. The molecule has 0 aliphatic carbocycles. The summed E-state index contributed by atoms with van der Waals surface area (Å²) in [5.41, 5.74) is 2.54. The Morgan fingerprint density at radius 2 is 1.93 bits per heavy atom. The standard InChI is InChI=1S/C20H23BrN4O2S/c1-12(2)10-25-19(27)18-16(23-20(25)28-4)9-13(3)24(18)11-17(26)22-15-7-5-14(21)6-8-15/h5-9,12H,10-11H2,1-4H3,(H,22,26). The molecule has 0 aliphatic rings. The monoisotopic (exact) mass is 462 g/mol. The van der Waals surface area contributed by atoms with E-state index in [1.807, 2.05) is 43.5 Å². The van der Waals surface area contributed by atoms with Gasteiger partial charge in [0.1, 0.15) is 12.1 Å². The quantitative estimate of drug-likeness (QED) is 0.438. The third-order valence-electron chi connectivity index (χ3n) is 4.34. The lowest BCUT2D eigenvalue weighted by atomic mass is 10.2. The predicted molar refractivity (Wildman–Crippen MR) is 118 cm³/mol. The van der Waals surface area contributed by atoms with E-state index in [-0.39, 0.29) is 18.0 Å². The first kappa shape index (κ1) is 20.7. The summed E-state index contributed by atoms with van der Waals surface area (Å²) in [5, 5.41) is 3.57. The summed E-state index contributed by atoms with van der Waals surface area (Å²) in [7, 11) is 0. The van der Waals surface area contributed by atoms with Crippen LogP contribution in [0.25, 0.3) is 11.0 Å². The Labute approximate surface area is 176 Å². The number of benzene rings is 1. The number of fused-ring (bicyclic) bond motifs is 1. The molecular weight excluding hydrogens is 440 g/mol. The molecule has 0 spiro atoms. The molecule has 0 unspecified atom stereocenters. The summed E-state index contributed by atoms with van der Waals surface area (Å²) in [6.45, 7) is 6.67. The molecular formula is C20H23BrN4O2S. The molecule has 0 bridgehead atoms. The molecule has 2 heterocycles. The van der Waals surface area contributed by atoms with Gasteiger partial charge in [0.05, 0.1) is 5.52 Å². The summed E-state index contributed by atoms with van der Waals surface area (Å²) in [4.78, 5) is 30.4. The molecule has 1 N–H and O–H groups in total. The highest BCUT2D eigenvalue weighted by Gasteiger charge is 2.18. The maximum Gasteiger partial charge on any atom is 0.278 e. The van der Waals surface area contributed by atoms with E-state index >= 15 is 0 Å². The van der Waals surface area contributed by atoms with Gasteiger partial charge in [-0.15, -0.1) is 0 Å². The third kappa shape index (κ3) is 4.33. The van der Waals surface area contributed by atoms with Crippen molar-refractivity contribution < 1.29 is 4.79 Å². The van der Waals surface area contributed by atoms with Gasteiger partial charge in [-0.2, -0.15) is 0 Å². The number of rotatable bonds is 6. The van der Waals surface area contributed by atoms with Crippen LogP contribution in [0.4, 0.5) is 5.69 Å². The molecule has 0 saturated carbocycles. The molecule has 148 valence electrons. The predicted octanol–water partition coefficient (Wildman–Crippen LogP) is 4.29. The maximum absolute atomic E-state index is 13.2. The minimum Gasteiger partial charge on any atom is -0.330 e. The molecule has 6 nitrogen and oxygen atoms in total. The van der Waals surface area contributed by atoms with E-state index in [1.165, 1.54) is 11.8 Å². The molecule has 0 fully saturated rings. The van der Waals surface area contributed by atoms with Crippen molar-refractivity contribution in [3.8, 4) is 0 Å². The van der Waals surface area contributed by atoms with Crippen LogP contribution in [0.5, 0.6) is 0 Å². The first-order valence-electron chi connectivity index (χ1n) is 9.00. The fourth-order valence-corrected chi connectivity index (χ4v) is 3.94. The van der Waals surface area contributed by atoms with Crippen molar-refractivity contribution in [1.29, 1.82) is 0 Å². The zero-order chi connectivity index (χ0) is 20.4. The number of nitrogens with zero attached hydrogens (tertiary/aromatic N) is 3. The molecule has 3 aromatic rings. The van der Waals surface area contributed by atoms with Crippen LogP contribution in [0.15, 0.2) is 44.8 Å². The van der Waals surface area contributed by atoms with Gasteiger partial charge >= 0.3 is 0 Å². The van der Waals surface area contributed by atoms with E-state index in [2.05, 4.69) is 40.1 Å². The Morgan fingerprint density at radius 3 is 2.54 bits per heavy atom. The van der Waals surface area contributed by atoms with Crippen molar-refractivity contribution in [2.45, 2.75) is 39.0 Å². The number of aryl methyl sites for hydroxylation is 1. The second-order valence-corrected chi connectivity index (χ2v) is 8.76. The number of thioether (sulfide) groups is 1. The molecule has 28 heavy (non-hydrogen) atoms. The minimum absolute atomic E-state index is 0.0581. The van der Waals surface area contributed by atoms with Gasteiger partial charge in [-0.05, 0) is 49.4 Å². The van der Waals surface area contributed by atoms with Gasteiger partial charge in [-0.3, -0.25) is 14.2 Å². The van der Waals surface area contributed by atoms with Crippen LogP contribution < -0.4 is 10.9 Å². The van der Waals surface area contributed by atoms with Gasteiger partial charge < -0.3 is 9.88 Å². The van der Waals surface area contributed by atoms with Gasteiger partial charge in [-0.1, -0.05) is 41.5 Å². The molecule has 1 aromatic carbocycles. The summed E-state index contributed by atoms with van der Waals surface area (Å²) in [5.74, 6) is 0.125. The average Bonchev–Trinajstić information content (AvgIpc) is 2.94. The topological polar surface area (TPSA) is 68.9 Å². The van der Waals surface area contributed by atoms with Crippen molar-refractivity contribution >= 4 is 50.3 Å². The Bertz CT molecular complexity index is 1070. The van der Waals surface area contributed by atoms with Gasteiger partial charge in [0.25, 0.3) is 5.56 Å². The van der Waals surface area contributed by atoms with Crippen LogP contribution in [-0.4, -0.2) is 26.3 Å². The number of halogens is 1. The van der Waals surface area contributed by atoms with Crippen molar-refractivity contribution in [3.63, 3.8) is 0 Å². The number of nitrogens with one attached hydrogen (secondary N) is 1. The van der Waals surface area contributed by atoms with Crippen LogP contribution in [0.3, 0.4) is 0 Å². The van der Waals surface area contributed by atoms with E-state index in [1.54, 1.807) is 9.13 Å². The number of hydrogen-bond acceptors (Lipinski definition) is 4. The maximum atomic E-state index is 13.2. The van der Waals surface area contributed by atoms with Crippen molar-refractivity contribution in [2.75, 3.05) is 11.6 Å². The molecule has 3 rings (SSSR count). The number of carbonyl (C=O) groups is 1. The normalized spacial score (nSPS) is 11.4. The average molecular weight is 463 g/mol. The first-order valence-corrected chi connectivity index (χ1v) is 11.0. The van der Waals surface area contributed by atoms with Crippen molar-refractivity contribution in [2.24, 2.45) is 5.92 Å². The lowest BCUT2D eigenvalue weighted by molar-refractivity contribution is -0.116. The highest BCUT2D eigenvalue weighted by Crippen LogP contribution is 2.20. The van der Waals surface area contributed by atoms with Crippen LogP contribution in [-0.2, 0) is 17.9 Å². The smallest absolute Gasteiger partial charge is 0.278 e. The van der Waals surface area contributed by atoms with Crippen LogP contribution in [0.1, 0.15) is 19.5 Å². The Morgan fingerprint density at radius 1 is 1.25 bits per heavy atom. The van der Waals surface area contributed by atoms with E-state index in [0.717, 1.165) is 10.2 Å². The Kier molecular flexibility index (Phi) is 6.30. The van der Waals surface area contributed by atoms with Crippen molar-refractivity contribution in [1.82, 2.24) is 14.1 Å². The van der Waals surface area contributed by atoms with Gasteiger partial charge in [-0.25, -0.2) is 4.98 Å². The van der Waals surface area contributed by atoms with E-state index in [9.17, 15) is 9.59 Å². The SMILES string of the molecule is CSc1nc2cc(C)n(CC(=O)Nc3ccc(Br)cc3)c2c(=O)n1CC(C)C. The fraction of sp³-hybridized carbons (Fsp3) is 0.350. The minimum atomic E-state index is -0.188. The van der Waals surface area contributed by atoms with Gasteiger partial charge in [0, 0.05) is 22.4 Å². The Balaban J connectivity index is 1.98. The molecule has 0 radical (unpaired) electrons.